The van der Waals surface area contributed by atoms with Crippen LogP contribution in [0, 0.1) is 17.8 Å². The molecule has 0 saturated carbocycles. The van der Waals surface area contributed by atoms with Gasteiger partial charge >= 0.3 is 5.97 Å². The van der Waals surface area contributed by atoms with Crippen molar-refractivity contribution in [3.8, 4) is 5.75 Å². The number of nitrogens with one attached hydrogen (secondary N) is 17. The number of rotatable bonds is 41. The van der Waals surface area contributed by atoms with E-state index in [0.717, 1.165) is 0 Å². The highest BCUT2D eigenvalue weighted by atomic mass is 16.4. The number of benzene rings is 3. The number of carbonyl (C=O) groups excluding carboxylic acids is 19. The summed E-state index contributed by atoms with van der Waals surface area (Å²) in [5, 5.41) is 58.3. The molecular weight excluding hydrogens is 1800 g/mol. The number of aliphatic hydroxyl groups is 1. The third kappa shape index (κ3) is 37.9. The number of hydrogen-bond acceptors (Lipinski definition) is 29. The molecule has 3 aromatic carbocycles. The van der Waals surface area contributed by atoms with Crippen molar-refractivity contribution in [3.63, 3.8) is 0 Å². The minimum absolute atomic E-state index is 0.0840. The van der Waals surface area contributed by atoms with E-state index >= 15 is 24.0 Å². The van der Waals surface area contributed by atoms with E-state index in [-0.39, 0.29) is 75.5 Å². The molecule has 764 valence electrons. The van der Waals surface area contributed by atoms with Crippen molar-refractivity contribution in [2.24, 2.45) is 29.2 Å². The number of hydrazine groups is 3. The summed E-state index contributed by atoms with van der Waals surface area (Å²) in [6.07, 6.45) is 2.89. The molecule has 0 spiro atoms. The van der Waals surface area contributed by atoms with Crippen LogP contribution in [0.2, 0.25) is 0 Å². The summed E-state index contributed by atoms with van der Waals surface area (Å²) in [7, 11) is 0. The zero-order valence-corrected chi connectivity index (χ0v) is 82.1. The molecule has 1 aliphatic heterocycles. The Morgan fingerprint density at radius 3 is 1.74 bits per heavy atom. The number of phenols is 1. The number of ketones is 8. The number of carbonyl (C=O) groups is 20. The molecule has 0 aliphatic carbocycles. The van der Waals surface area contributed by atoms with Crippen LogP contribution in [0.3, 0.4) is 0 Å². The van der Waals surface area contributed by atoms with Crippen molar-refractivity contribution in [3.05, 3.63) is 114 Å². The molecule has 0 fully saturated rings. The Morgan fingerprint density at radius 1 is 0.547 bits per heavy atom. The first-order valence-corrected chi connectivity index (χ1v) is 47.0. The van der Waals surface area contributed by atoms with E-state index in [0.29, 0.717) is 59.7 Å². The maximum atomic E-state index is 15.6. The molecule has 0 bridgehead atoms. The number of H-pyrrole nitrogens is 1. The van der Waals surface area contributed by atoms with Crippen LogP contribution in [0.5, 0.6) is 5.75 Å². The molecule has 42 heteroatoms. The molecule has 1 aromatic heterocycles. The van der Waals surface area contributed by atoms with Crippen molar-refractivity contribution in [1.29, 1.82) is 0 Å². The number of aliphatic carboxylic acids is 1. The lowest BCUT2D eigenvalue weighted by atomic mass is 9.89. The molecular formula is C97H143N19O23. The Hall–Kier alpha value is -12.6. The predicted octanol–water partition coefficient (Wildman–Crippen LogP) is 0.385. The lowest BCUT2D eigenvalue weighted by Crippen LogP contribution is -2.66. The predicted molar refractivity (Wildman–Crippen MR) is 513 cm³/mol. The molecule has 4 aromatic rings. The molecule has 0 saturated heterocycles. The van der Waals surface area contributed by atoms with E-state index in [1.54, 1.807) is 88.5 Å². The lowest BCUT2D eigenvalue weighted by Gasteiger charge is -2.34. The van der Waals surface area contributed by atoms with Crippen LogP contribution >= 0.6 is 0 Å². The Morgan fingerprint density at radius 2 is 1.13 bits per heavy atom. The number of aromatic nitrogens is 1. The number of carboxylic acid groups (broad SMARTS) is 1. The largest absolute Gasteiger partial charge is 0.508 e. The number of phenolic OH excluding ortho intramolecular Hbond substituents is 1. The second-order valence-corrected chi connectivity index (χ2v) is 37.7. The number of nitrogens with two attached hydrogens (primary N) is 2. The minimum atomic E-state index is -1.98. The van der Waals surface area contributed by atoms with Gasteiger partial charge in [-0.1, -0.05) is 120 Å². The average molecular weight is 1940 g/mol. The zero-order chi connectivity index (χ0) is 104. The van der Waals surface area contributed by atoms with Crippen LogP contribution in [-0.4, -0.2) is 245 Å². The number of aromatic amines is 1. The van der Waals surface area contributed by atoms with Crippen LogP contribution in [-0.2, 0) is 115 Å². The van der Waals surface area contributed by atoms with Crippen LogP contribution in [0.4, 0.5) is 0 Å². The molecule has 17 atom stereocenters. The highest BCUT2D eigenvalue weighted by molar-refractivity contribution is 6.43. The fourth-order valence-corrected chi connectivity index (χ4v) is 15.2. The maximum absolute atomic E-state index is 15.6. The summed E-state index contributed by atoms with van der Waals surface area (Å²) in [5.41, 5.74) is 24.2. The number of carboxylic acids is 1. The van der Waals surface area contributed by atoms with Crippen LogP contribution in [0.15, 0.2) is 97.2 Å². The van der Waals surface area contributed by atoms with Gasteiger partial charge in [-0.2, -0.15) is 0 Å². The van der Waals surface area contributed by atoms with E-state index in [1.807, 2.05) is 12.2 Å². The zero-order valence-electron chi connectivity index (χ0n) is 82.1. The summed E-state index contributed by atoms with van der Waals surface area (Å²) in [5.74, 6) is -22.0. The van der Waals surface area contributed by atoms with Gasteiger partial charge in [0.25, 0.3) is 0 Å². The Kier molecular flexibility index (Phi) is 47.0. The number of fused-ring (bicyclic) bond motifs is 1. The molecule has 11 amide bonds. The third-order valence-corrected chi connectivity index (χ3v) is 23.8. The molecule has 5 rings (SSSR count). The minimum Gasteiger partial charge on any atom is -0.508 e. The fourth-order valence-electron chi connectivity index (χ4n) is 15.2. The van der Waals surface area contributed by atoms with Gasteiger partial charge in [0.1, 0.15) is 58.6 Å². The second kappa shape index (κ2) is 55.9. The topological polar surface area (TPSA) is 662 Å². The molecule has 42 nitrogen and oxygen atoms in total. The number of hydrogen-bond donors (Lipinski definition) is 22. The van der Waals surface area contributed by atoms with Gasteiger partial charge in [-0.15, -0.1) is 0 Å². The van der Waals surface area contributed by atoms with Crippen LogP contribution in [0.1, 0.15) is 224 Å². The van der Waals surface area contributed by atoms with Crippen LogP contribution in [0.25, 0.3) is 10.9 Å². The molecule has 3 unspecified atom stereocenters. The summed E-state index contributed by atoms with van der Waals surface area (Å²) >= 11 is 0. The first-order valence-electron chi connectivity index (χ1n) is 47.0. The number of aliphatic hydroxyl groups excluding tert-OH is 1. The third-order valence-electron chi connectivity index (χ3n) is 23.8. The van der Waals surface area contributed by atoms with Crippen molar-refractivity contribution < 1.29 is 111 Å². The van der Waals surface area contributed by atoms with E-state index < -0.39 is 257 Å². The van der Waals surface area contributed by atoms with Crippen molar-refractivity contribution in [2.75, 3.05) is 6.54 Å². The average Bonchev–Trinajstić information content (AvgIpc) is 1.62. The van der Waals surface area contributed by atoms with Crippen molar-refractivity contribution in [1.82, 2.24) is 90.7 Å². The number of para-hydroxylation sites is 1. The monoisotopic (exact) mass is 1940 g/mol. The SMILES string of the molecule is CC(=O)N[C@@H](CC(C)C)C(=O)N[C@H](C(=O)C(=O)[C@H](Cc1ccccc1)NN[C@]1(C)CCCCCC/C=C/CCC[C@@](C)(C(=O)NC(C)C(=O)N[C@@H](C)C(=O)C(=O)[C@H](C)NNC(C)(C)C(=O)NC(C)C(=O)N[C@H](C)C(N)=O)NC(=O)[C@H](CC(C)C)CN[C@@H](CCC(N)=O)C(=O)C(=O)C(C)NC(=O)[C@H](Cc2c[nH]c3ccccc23)NN[C@@H](Cc2ccc(O)cc2)C(=O)C(=O)[C@H](CCC(=O)O)NC1=O)[C@@H](C)O. The van der Waals surface area contributed by atoms with E-state index in [4.69, 9.17) is 11.5 Å². The number of Topliss-reactive ketones (excluding diaryl/α,β-unsaturated/α-hetero) is 8. The quantitative estimate of drug-likeness (QED) is 0.0162. The molecule has 24 N–H and O–H groups in total. The highest BCUT2D eigenvalue weighted by Crippen LogP contribution is 2.25. The smallest absolute Gasteiger partial charge is 0.303 e. The second-order valence-electron chi connectivity index (χ2n) is 37.7. The van der Waals surface area contributed by atoms with Gasteiger partial charge in [0.15, 0.2) is 0 Å². The number of aromatic hydroxyl groups is 1. The standard InChI is InChI=1S/C97H143N19O23/c1-52(2)45-65-51-101-69(39-41-75(98)120)81(126)79(124)55(6)103-91(136)74(49-64-50-100-68-34-28-27-33-67(64)68)113-112-71(48-63-35-37-66(119)38-36-63)83(128)82(127)70(40-42-76(121)122)108-94(139)97(16,116-114-72(47-62-31-25-24-26-32-62)84(129)85(130)77(60(11)117)109-90(135)73(46-53(3)4)107-61(12)118)44-30-23-21-19-17-18-20-22-29-43-96(15,110-89(65)134)93(138)106-59(10)87(132)102-54(5)78(123)80(125)56(7)111-115-95(13,14)92(137)105-58(9)88(133)104-57(8)86(99)131/h18,20,24-28,31-38,50,52-60,65,69-74,77,100-101,111-117,119H,17,19,21-23,29-30,39-49,51H2,1-16H3,(H2,98,120)(H2,99,131)(H,102,132)(H,103,136)(H,104,133)(H,105,137)(H,106,138)(H,107,118)(H,108,139)(H,109,135)(H,110,134)(H,121,122)/b20-18+/t54-,55?,56-,57+,58?,59?,60+,65+,69-,70-,71-,72-,73-,74-,77-,96-,97+/m0/s1. The number of primary amides is 2. The van der Waals surface area contributed by atoms with Gasteiger partial charge in [0.05, 0.1) is 54.3 Å². The summed E-state index contributed by atoms with van der Waals surface area (Å²) in [4.78, 5) is 284. The molecule has 2 heterocycles. The van der Waals surface area contributed by atoms with Gasteiger partial charge < -0.3 is 84.9 Å². The molecule has 139 heavy (non-hydrogen) atoms. The van der Waals surface area contributed by atoms with Crippen LogP contribution < -0.4 is 97.2 Å². The number of allylic oxidation sites excluding steroid dienone is 2. The Balaban J connectivity index is 1.59. The summed E-state index contributed by atoms with van der Waals surface area (Å²) in [6, 6.07) is 1.11. The fraction of sp³-hybridized carbons (Fsp3) is 0.567. The van der Waals surface area contributed by atoms with Gasteiger partial charge in [-0.3, -0.25) is 95.9 Å². The first-order chi connectivity index (χ1) is 65.2. The lowest BCUT2D eigenvalue weighted by molar-refractivity contribution is -0.143. The normalized spacial score (nSPS) is 22.0. The van der Waals surface area contributed by atoms with Gasteiger partial charge in [0, 0.05) is 49.8 Å². The number of amides is 11. The van der Waals surface area contributed by atoms with Gasteiger partial charge in [-0.25, -0.2) is 32.6 Å². The van der Waals surface area contributed by atoms with Gasteiger partial charge in [-0.05, 0) is 200 Å². The van der Waals surface area contributed by atoms with E-state index in [1.165, 1.54) is 107 Å². The summed E-state index contributed by atoms with van der Waals surface area (Å²) in [6.45, 7) is 22.5. The maximum Gasteiger partial charge on any atom is 0.303 e. The summed E-state index contributed by atoms with van der Waals surface area (Å²) < 4.78 is 0. The first kappa shape index (κ1) is 117. The molecule has 0 radical (unpaired) electrons. The Bertz CT molecular complexity index is 5020. The Labute approximate surface area is 809 Å². The van der Waals surface area contributed by atoms with Gasteiger partial charge in [0.2, 0.25) is 111 Å². The highest BCUT2D eigenvalue weighted by Gasteiger charge is 2.45. The van der Waals surface area contributed by atoms with E-state index in [2.05, 4.69) is 90.7 Å². The van der Waals surface area contributed by atoms with Crippen molar-refractivity contribution >= 4 is 128 Å². The van der Waals surface area contributed by atoms with E-state index in [9.17, 15) is 87.2 Å². The van der Waals surface area contributed by atoms with Crippen molar-refractivity contribution in [2.45, 2.75) is 328 Å². The molecule has 1 aliphatic rings.